The first-order valence-electron chi connectivity index (χ1n) is 4.80. The van der Waals surface area contributed by atoms with Crippen LogP contribution in [0.5, 0.6) is 0 Å². The van der Waals surface area contributed by atoms with Crippen molar-refractivity contribution in [3.63, 3.8) is 0 Å². The molecular formula is C9H10BrN5O2. The highest BCUT2D eigenvalue weighted by atomic mass is 79.9. The van der Waals surface area contributed by atoms with Gasteiger partial charge in [0.15, 0.2) is 5.69 Å². The van der Waals surface area contributed by atoms with Gasteiger partial charge < -0.3 is 5.11 Å². The third kappa shape index (κ3) is 2.21. The Morgan fingerprint density at radius 1 is 1.59 bits per heavy atom. The van der Waals surface area contributed by atoms with Crippen LogP contribution in [0, 0.1) is 6.92 Å². The van der Waals surface area contributed by atoms with Gasteiger partial charge in [-0.1, -0.05) is 5.21 Å². The molecule has 0 amide bonds. The lowest BCUT2D eigenvalue weighted by molar-refractivity contribution is 0.0690. The van der Waals surface area contributed by atoms with Crippen LogP contribution in [0.2, 0.25) is 0 Å². The van der Waals surface area contributed by atoms with Crippen LogP contribution in [-0.4, -0.2) is 35.9 Å². The Morgan fingerprint density at radius 2 is 2.29 bits per heavy atom. The Kier molecular flexibility index (Phi) is 2.97. The van der Waals surface area contributed by atoms with E-state index in [1.165, 1.54) is 10.9 Å². The van der Waals surface area contributed by atoms with Crippen molar-refractivity contribution in [1.29, 1.82) is 0 Å². The third-order valence-corrected chi connectivity index (χ3v) is 3.36. The molecule has 2 heterocycles. The number of carboxylic acid groups (broad SMARTS) is 1. The molecule has 0 saturated heterocycles. The zero-order valence-electron chi connectivity index (χ0n) is 9.25. The number of hydrogen-bond donors (Lipinski definition) is 1. The van der Waals surface area contributed by atoms with Gasteiger partial charge in [0.05, 0.1) is 28.6 Å². The van der Waals surface area contributed by atoms with E-state index in [4.69, 9.17) is 5.11 Å². The smallest absolute Gasteiger partial charge is 0.358 e. The lowest BCUT2D eigenvalue weighted by Crippen LogP contribution is -2.06. The maximum atomic E-state index is 10.7. The van der Waals surface area contributed by atoms with Crippen molar-refractivity contribution in [1.82, 2.24) is 24.8 Å². The number of rotatable bonds is 3. The SMILES string of the molecule is Cc1nn(C)c(Cn2cc(C(=O)O)nn2)c1Br. The summed E-state index contributed by atoms with van der Waals surface area (Å²) in [4.78, 5) is 10.7. The van der Waals surface area contributed by atoms with Crippen LogP contribution in [0.1, 0.15) is 21.9 Å². The quantitative estimate of drug-likeness (QED) is 0.907. The molecule has 2 aromatic rings. The van der Waals surface area contributed by atoms with Gasteiger partial charge in [-0.2, -0.15) is 5.10 Å². The summed E-state index contributed by atoms with van der Waals surface area (Å²) in [7, 11) is 1.82. The number of halogens is 1. The minimum absolute atomic E-state index is 0.0694. The molecule has 0 atom stereocenters. The molecule has 8 heteroatoms. The minimum Gasteiger partial charge on any atom is -0.476 e. The molecule has 0 fully saturated rings. The highest BCUT2D eigenvalue weighted by Gasteiger charge is 2.13. The summed E-state index contributed by atoms with van der Waals surface area (Å²) in [6.45, 7) is 2.30. The lowest BCUT2D eigenvalue weighted by Gasteiger charge is -2.01. The van der Waals surface area contributed by atoms with Crippen molar-refractivity contribution in [2.24, 2.45) is 7.05 Å². The van der Waals surface area contributed by atoms with E-state index in [9.17, 15) is 4.79 Å². The fourth-order valence-electron chi connectivity index (χ4n) is 1.48. The molecule has 7 nitrogen and oxygen atoms in total. The summed E-state index contributed by atoms with van der Waals surface area (Å²) in [5.41, 5.74) is 1.71. The maximum Gasteiger partial charge on any atom is 0.358 e. The Bertz CT molecular complexity index is 574. The zero-order chi connectivity index (χ0) is 12.6. The predicted octanol–water partition coefficient (Wildman–Crippen LogP) is 0.829. The summed E-state index contributed by atoms with van der Waals surface area (Å²) in [5.74, 6) is -1.09. The van der Waals surface area contributed by atoms with Gasteiger partial charge in [0, 0.05) is 7.05 Å². The molecule has 0 bridgehead atoms. The molecule has 2 aromatic heterocycles. The second-order valence-electron chi connectivity index (χ2n) is 3.58. The highest BCUT2D eigenvalue weighted by molar-refractivity contribution is 9.10. The largest absolute Gasteiger partial charge is 0.476 e. The van der Waals surface area contributed by atoms with Gasteiger partial charge in [-0.25, -0.2) is 9.48 Å². The monoisotopic (exact) mass is 299 g/mol. The molecule has 0 unspecified atom stereocenters. The minimum atomic E-state index is -1.09. The van der Waals surface area contributed by atoms with E-state index in [-0.39, 0.29) is 5.69 Å². The van der Waals surface area contributed by atoms with E-state index >= 15 is 0 Å². The molecule has 0 spiro atoms. The summed E-state index contributed by atoms with van der Waals surface area (Å²) in [6.07, 6.45) is 1.39. The molecule has 0 aliphatic rings. The van der Waals surface area contributed by atoms with Gasteiger partial charge in [-0.15, -0.1) is 5.10 Å². The van der Waals surface area contributed by atoms with Gasteiger partial charge in [0.1, 0.15) is 0 Å². The molecule has 1 N–H and O–H groups in total. The van der Waals surface area contributed by atoms with E-state index in [1.54, 1.807) is 4.68 Å². The Morgan fingerprint density at radius 3 is 2.76 bits per heavy atom. The van der Waals surface area contributed by atoms with Crippen molar-refractivity contribution in [2.75, 3.05) is 0 Å². The maximum absolute atomic E-state index is 10.7. The van der Waals surface area contributed by atoms with Gasteiger partial charge in [-0.05, 0) is 22.9 Å². The molecule has 0 saturated carbocycles. The molecule has 0 radical (unpaired) electrons. The topological polar surface area (TPSA) is 85.8 Å². The van der Waals surface area contributed by atoms with Gasteiger partial charge in [-0.3, -0.25) is 4.68 Å². The van der Waals surface area contributed by atoms with Crippen LogP contribution in [0.15, 0.2) is 10.7 Å². The first-order chi connectivity index (χ1) is 7.99. The van der Waals surface area contributed by atoms with Crippen LogP contribution >= 0.6 is 15.9 Å². The van der Waals surface area contributed by atoms with E-state index in [0.717, 1.165) is 15.9 Å². The number of hydrogen-bond acceptors (Lipinski definition) is 4. The fraction of sp³-hybridized carbons (Fsp3) is 0.333. The average Bonchev–Trinajstić information content (AvgIpc) is 2.80. The van der Waals surface area contributed by atoms with Crippen LogP contribution < -0.4 is 0 Å². The van der Waals surface area contributed by atoms with Gasteiger partial charge in [0.2, 0.25) is 0 Å². The number of aromatic nitrogens is 5. The van der Waals surface area contributed by atoms with E-state index < -0.39 is 5.97 Å². The molecule has 0 aromatic carbocycles. The predicted molar refractivity (Wildman–Crippen MR) is 61.7 cm³/mol. The number of aryl methyl sites for hydroxylation is 2. The Hall–Kier alpha value is -1.70. The standard InChI is InChI=1S/C9H10BrN5O2/c1-5-8(10)7(14(2)12-5)4-15-3-6(9(16)17)11-13-15/h3H,4H2,1-2H3,(H,16,17). The Labute approximate surface area is 105 Å². The summed E-state index contributed by atoms with van der Waals surface area (Å²) >= 11 is 3.43. The molecule has 0 aliphatic heterocycles. The van der Waals surface area contributed by atoms with Crippen LogP contribution in [-0.2, 0) is 13.6 Å². The van der Waals surface area contributed by atoms with Crippen LogP contribution in [0.4, 0.5) is 0 Å². The van der Waals surface area contributed by atoms with Crippen molar-refractivity contribution in [2.45, 2.75) is 13.5 Å². The second-order valence-corrected chi connectivity index (χ2v) is 4.37. The first-order valence-corrected chi connectivity index (χ1v) is 5.59. The number of nitrogens with zero attached hydrogens (tertiary/aromatic N) is 5. The average molecular weight is 300 g/mol. The van der Waals surface area contributed by atoms with Crippen molar-refractivity contribution in [3.05, 3.63) is 27.8 Å². The highest BCUT2D eigenvalue weighted by Crippen LogP contribution is 2.20. The third-order valence-electron chi connectivity index (χ3n) is 2.33. The van der Waals surface area contributed by atoms with E-state index in [2.05, 4.69) is 31.3 Å². The summed E-state index contributed by atoms with van der Waals surface area (Å²) < 4.78 is 4.08. The lowest BCUT2D eigenvalue weighted by atomic mass is 10.3. The van der Waals surface area contributed by atoms with Crippen LogP contribution in [0.25, 0.3) is 0 Å². The van der Waals surface area contributed by atoms with E-state index in [0.29, 0.717) is 6.54 Å². The normalized spacial score (nSPS) is 10.8. The zero-order valence-corrected chi connectivity index (χ0v) is 10.8. The Balaban J connectivity index is 2.28. The van der Waals surface area contributed by atoms with Crippen LogP contribution in [0.3, 0.4) is 0 Å². The molecular weight excluding hydrogens is 290 g/mol. The van der Waals surface area contributed by atoms with E-state index in [1.807, 2.05) is 14.0 Å². The van der Waals surface area contributed by atoms with Gasteiger partial charge in [0.25, 0.3) is 0 Å². The summed E-state index contributed by atoms with van der Waals surface area (Å²) in [6, 6.07) is 0. The van der Waals surface area contributed by atoms with Crippen molar-refractivity contribution in [3.8, 4) is 0 Å². The summed E-state index contributed by atoms with van der Waals surface area (Å²) in [5, 5.41) is 20.3. The molecule has 90 valence electrons. The number of carboxylic acids is 1. The van der Waals surface area contributed by atoms with Crippen molar-refractivity contribution < 1.29 is 9.90 Å². The second kappa shape index (κ2) is 4.28. The molecule has 0 aliphatic carbocycles. The number of carbonyl (C=O) groups is 1. The fourth-order valence-corrected chi connectivity index (χ4v) is 1.94. The first kappa shape index (κ1) is 11.8. The van der Waals surface area contributed by atoms with Gasteiger partial charge >= 0.3 is 5.97 Å². The molecule has 17 heavy (non-hydrogen) atoms. The van der Waals surface area contributed by atoms with Crippen molar-refractivity contribution >= 4 is 21.9 Å². The molecule has 2 rings (SSSR count). The number of aromatic carboxylic acids is 1.